The number of aliphatic hydroxyl groups excluding tert-OH is 3. The van der Waals surface area contributed by atoms with Gasteiger partial charge in [0.15, 0.2) is 5.82 Å². The molecule has 0 radical (unpaired) electrons. The minimum absolute atomic E-state index is 0.0116. The van der Waals surface area contributed by atoms with Crippen LogP contribution < -0.4 is 21.9 Å². The van der Waals surface area contributed by atoms with E-state index in [0.717, 1.165) is 0 Å². The number of nitrogen functional groups attached to an aromatic ring is 1. The third-order valence-electron chi connectivity index (χ3n) is 2.75. The molecule has 1 aromatic heterocycles. The summed E-state index contributed by atoms with van der Waals surface area (Å²) in [4.78, 5) is 17.8. The van der Waals surface area contributed by atoms with Gasteiger partial charge < -0.3 is 31.7 Å². The van der Waals surface area contributed by atoms with Crippen molar-refractivity contribution < 1.29 is 15.3 Å². The predicted octanol–water partition coefficient (Wildman–Crippen LogP) is -2.73. The largest absolute Gasteiger partial charge is 0.394 e. The first-order valence-electron chi connectivity index (χ1n) is 5.40. The molecule has 0 aliphatic carbocycles. The SMILES string of the molecule is Nc1nc2c(c(=O)[nH]1)N[C@@H]([C@@H](O)[C@H](O)CO)CN2. The zero-order chi connectivity index (χ0) is 13.3. The zero-order valence-corrected chi connectivity index (χ0v) is 9.42. The highest BCUT2D eigenvalue weighted by Gasteiger charge is 2.30. The summed E-state index contributed by atoms with van der Waals surface area (Å²) in [5.74, 6) is 0.278. The number of aromatic nitrogens is 2. The number of nitrogens with one attached hydrogen (secondary N) is 3. The number of nitrogens with two attached hydrogens (primary N) is 1. The lowest BCUT2D eigenvalue weighted by Gasteiger charge is -2.31. The molecule has 0 amide bonds. The monoisotopic (exact) mass is 257 g/mol. The number of nitrogens with zero attached hydrogens (tertiary/aromatic N) is 1. The van der Waals surface area contributed by atoms with Crippen molar-refractivity contribution in [1.29, 1.82) is 0 Å². The van der Waals surface area contributed by atoms with Crippen molar-refractivity contribution >= 4 is 17.5 Å². The summed E-state index contributed by atoms with van der Waals surface area (Å²) in [6.07, 6.45) is -2.50. The second kappa shape index (κ2) is 4.80. The van der Waals surface area contributed by atoms with E-state index < -0.39 is 30.4 Å². The number of anilines is 3. The van der Waals surface area contributed by atoms with Gasteiger partial charge in [-0.25, -0.2) is 0 Å². The number of aromatic amines is 1. The van der Waals surface area contributed by atoms with Crippen molar-refractivity contribution in [3.8, 4) is 0 Å². The Bertz CT molecular complexity index is 490. The van der Waals surface area contributed by atoms with E-state index in [4.69, 9.17) is 10.8 Å². The first-order valence-corrected chi connectivity index (χ1v) is 5.40. The van der Waals surface area contributed by atoms with Gasteiger partial charge in [0.1, 0.15) is 17.9 Å². The van der Waals surface area contributed by atoms with Gasteiger partial charge in [-0.05, 0) is 0 Å². The molecule has 1 aliphatic rings. The minimum atomic E-state index is -1.29. The van der Waals surface area contributed by atoms with Crippen LogP contribution in [0.15, 0.2) is 4.79 Å². The van der Waals surface area contributed by atoms with Crippen LogP contribution in [-0.2, 0) is 0 Å². The first kappa shape index (κ1) is 12.6. The van der Waals surface area contributed by atoms with Gasteiger partial charge in [-0.1, -0.05) is 0 Å². The Morgan fingerprint density at radius 2 is 2.22 bits per heavy atom. The van der Waals surface area contributed by atoms with Crippen LogP contribution >= 0.6 is 0 Å². The lowest BCUT2D eigenvalue weighted by Crippen LogP contribution is -2.50. The fourth-order valence-corrected chi connectivity index (χ4v) is 1.78. The average molecular weight is 257 g/mol. The summed E-state index contributed by atoms with van der Waals surface area (Å²) < 4.78 is 0. The molecule has 0 unspecified atom stereocenters. The van der Waals surface area contributed by atoms with Gasteiger partial charge in [-0.2, -0.15) is 4.98 Å². The maximum absolute atomic E-state index is 11.6. The van der Waals surface area contributed by atoms with Crippen molar-refractivity contribution in [2.45, 2.75) is 18.2 Å². The number of hydrogen-bond acceptors (Lipinski definition) is 8. The number of rotatable bonds is 3. The van der Waals surface area contributed by atoms with Gasteiger partial charge >= 0.3 is 0 Å². The van der Waals surface area contributed by atoms with Crippen LogP contribution in [0.5, 0.6) is 0 Å². The lowest BCUT2D eigenvalue weighted by molar-refractivity contribution is -0.0210. The van der Waals surface area contributed by atoms with E-state index in [2.05, 4.69) is 20.6 Å². The molecule has 2 heterocycles. The molecular formula is C9H15N5O4. The topological polar surface area (TPSA) is 157 Å². The highest BCUT2D eigenvalue weighted by molar-refractivity contribution is 5.67. The molecule has 0 fully saturated rings. The Morgan fingerprint density at radius 1 is 1.50 bits per heavy atom. The fourth-order valence-electron chi connectivity index (χ4n) is 1.78. The van der Waals surface area contributed by atoms with E-state index in [-0.39, 0.29) is 24.0 Å². The van der Waals surface area contributed by atoms with Crippen LogP contribution in [0.3, 0.4) is 0 Å². The van der Waals surface area contributed by atoms with Crippen LogP contribution in [0, 0.1) is 0 Å². The van der Waals surface area contributed by atoms with E-state index in [9.17, 15) is 15.0 Å². The molecule has 8 N–H and O–H groups in total. The summed E-state index contributed by atoms with van der Waals surface area (Å²) in [6.45, 7) is -0.330. The third-order valence-corrected chi connectivity index (χ3v) is 2.75. The average Bonchev–Trinajstić information content (AvgIpc) is 2.36. The second-order valence-corrected chi connectivity index (χ2v) is 4.05. The highest BCUT2D eigenvalue weighted by Crippen LogP contribution is 2.21. The molecule has 0 saturated heterocycles. The van der Waals surface area contributed by atoms with E-state index in [1.54, 1.807) is 0 Å². The van der Waals surface area contributed by atoms with Crippen LogP contribution in [0.2, 0.25) is 0 Å². The maximum atomic E-state index is 11.6. The highest BCUT2D eigenvalue weighted by atomic mass is 16.4. The van der Waals surface area contributed by atoms with Crippen LogP contribution in [0.1, 0.15) is 0 Å². The van der Waals surface area contributed by atoms with Crippen molar-refractivity contribution in [3.63, 3.8) is 0 Å². The molecule has 0 spiro atoms. The van der Waals surface area contributed by atoms with Crippen molar-refractivity contribution in [2.75, 3.05) is 29.5 Å². The summed E-state index contributed by atoms with van der Waals surface area (Å²) >= 11 is 0. The number of fused-ring (bicyclic) bond motifs is 1. The first-order chi connectivity index (χ1) is 8.52. The van der Waals surface area contributed by atoms with Crippen molar-refractivity contribution in [2.24, 2.45) is 0 Å². The lowest BCUT2D eigenvalue weighted by atomic mass is 10.0. The minimum Gasteiger partial charge on any atom is -0.394 e. The Labute approximate surface area is 102 Å². The Hall–Kier alpha value is -1.84. The number of aliphatic hydroxyl groups is 3. The Morgan fingerprint density at radius 3 is 2.89 bits per heavy atom. The molecule has 9 heteroatoms. The summed E-state index contributed by atoms with van der Waals surface area (Å²) in [6, 6.07) is -0.619. The molecule has 0 bridgehead atoms. The Kier molecular flexibility index (Phi) is 3.36. The van der Waals surface area contributed by atoms with Gasteiger partial charge in [0.2, 0.25) is 5.95 Å². The van der Waals surface area contributed by atoms with Gasteiger partial charge in [0.25, 0.3) is 5.56 Å². The number of hydrogen-bond donors (Lipinski definition) is 7. The molecule has 1 aliphatic heterocycles. The van der Waals surface area contributed by atoms with Crippen LogP contribution in [0.4, 0.5) is 17.5 Å². The molecule has 2 rings (SSSR count). The van der Waals surface area contributed by atoms with E-state index in [1.807, 2.05) is 0 Å². The molecule has 1 aromatic rings. The van der Waals surface area contributed by atoms with Gasteiger partial charge in [0.05, 0.1) is 12.6 Å². The Balaban J connectivity index is 2.22. The standard InChI is InChI=1S/C9H15N5O4/c10-9-13-7-5(8(18)14-9)12-3(1-11-7)6(17)4(16)2-15/h3-4,6,12,15-17H,1-2H2,(H4,10,11,13,14,18)/t3-,4-,6-/m1/s1. The van der Waals surface area contributed by atoms with Crippen molar-refractivity contribution in [1.82, 2.24) is 9.97 Å². The van der Waals surface area contributed by atoms with Gasteiger partial charge in [-0.15, -0.1) is 0 Å². The predicted molar refractivity (Wildman–Crippen MR) is 64.3 cm³/mol. The molecular weight excluding hydrogens is 242 g/mol. The smallest absolute Gasteiger partial charge is 0.277 e. The van der Waals surface area contributed by atoms with Gasteiger partial charge in [0, 0.05) is 6.54 Å². The molecule has 0 saturated carbocycles. The molecule has 18 heavy (non-hydrogen) atoms. The van der Waals surface area contributed by atoms with Gasteiger partial charge in [-0.3, -0.25) is 9.78 Å². The van der Waals surface area contributed by atoms with Crippen molar-refractivity contribution in [3.05, 3.63) is 10.4 Å². The van der Waals surface area contributed by atoms with E-state index in [1.165, 1.54) is 0 Å². The number of H-pyrrole nitrogens is 1. The normalized spacial score (nSPS) is 21.4. The third kappa shape index (κ3) is 2.23. The summed E-state index contributed by atoms with van der Waals surface area (Å²) in [5, 5.41) is 33.5. The second-order valence-electron chi connectivity index (χ2n) is 4.05. The van der Waals surface area contributed by atoms with E-state index in [0.29, 0.717) is 0 Å². The summed E-state index contributed by atoms with van der Waals surface area (Å²) in [7, 11) is 0. The molecule has 3 atom stereocenters. The molecule has 100 valence electrons. The quantitative estimate of drug-likeness (QED) is 0.307. The molecule has 9 nitrogen and oxygen atoms in total. The zero-order valence-electron chi connectivity index (χ0n) is 9.42. The maximum Gasteiger partial charge on any atom is 0.277 e. The summed E-state index contributed by atoms with van der Waals surface area (Å²) in [5.41, 5.74) is 5.06. The van der Waals surface area contributed by atoms with Crippen LogP contribution in [0.25, 0.3) is 0 Å². The fraction of sp³-hybridized carbons (Fsp3) is 0.556. The molecule has 0 aromatic carbocycles. The van der Waals surface area contributed by atoms with E-state index >= 15 is 0 Å². The van der Waals surface area contributed by atoms with Crippen LogP contribution in [-0.4, -0.2) is 56.7 Å².